The van der Waals surface area contributed by atoms with Crippen LogP contribution in [0.25, 0.3) is 0 Å². The average Bonchev–Trinajstić information content (AvgIpc) is 2.86. The van der Waals surface area contributed by atoms with Gasteiger partial charge in [0.05, 0.1) is 28.5 Å². The molecular formula is C20H22ClN3O2S. The predicted molar refractivity (Wildman–Crippen MR) is 109 cm³/mol. The third-order valence-corrected chi connectivity index (χ3v) is 6.39. The Kier molecular flexibility index (Phi) is 5.31. The van der Waals surface area contributed by atoms with E-state index in [4.69, 9.17) is 11.6 Å². The third-order valence-electron chi connectivity index (χ3n) is 4.53. The van der Waals surface area contributed by atoms with Crippen LogP contribution in [0.3, 0.4) is 0 Å². The van der Waals surface area contributed by atoms with Gasteiger partial charge in [-0.05, 0) is 56.5 Å². The van der Waals surface area contributed by atoms with E-state index in [0.29, 0.717) is 28.5 Å². The van der Waals surface area contributed by atoms with E-state index in [1.807, 2.05) is 50.2 Å². The summed E-state index contributed by atoms with van der Waals surface area (Å²) in [6.07, 6.45) is 0. The maximum atomic E-state index is 12.9. The van der Waals surface area contributed by atoms with E-state index >= 15 is 0 Å². The van der Waals surface area contributed by atoms with Gasteiger partial charge >= 0.3 is 0 Å². The molecule has 0 spiro atoms. The van der Waals surface area contributed by atoms with E-state index in [1.54, 1.807) is 24.6 Å². The Labute approximate surface area is 165 Å². The molecule has 0 unspecified atom stereocenters. The second kappa shape index (κ2) is 7.37. The third kappa shape index (κ3) is 4.01. The summed E-state index contributed by atoms with van der Waals surface area (Å²) in [7, 11) is -3.71. The number of aryl methyl sites for hydroxylation is 3. The molecule has 3 aromatic rings. The van der Waals surface area contributed by atoms with Gasteiger partial charge in [0.2, 0.25) is 0 Å². The van der Waals surface area contributed by atoms with Gasteiger partial charge in [-0.25, -0.2) is 8.42 Å². The summed E-state index contributed by atoms with van der Waals surface area (Å²) in [5.41, 5.74) is 4.38. The van der Waals surface area contributed by atoms with Crippen molar-refractivity contribution in [2.24, 2.45) is 0 Å². The van der Waals surface area contributed by atoms with E-state index in [-0.39, 0.29) is 4.90 Å². The van der Waals surface area contributed by atoms with Crippen molar-refractivity contribution in [2.75, 3.05) is 4.72 Å². The van der Waals surface area contributed by atoms with E-state index in [1.165, 1.54) is 0 Å². The molecule has 1 aromatic heterocycles. The Morgan fingerprint density at radius 1 is 1.07 bits per heavy atom. The van der Waals surface area contributed by atoms with Crippen LogP contribution >= 0.6 is 11.6 Å². The lowest BCUT2D eigenvalue weighted by Crippen LogP contribution is -2.15. The van der Waals surface area contributed by atoms with Crippen molar-refractivity contribution in [3.63, 3.8) is 0 Å². The molecule has 27 heavy (non-hydrogen) atoms. The SMILES string of the molecule is Cc1ccc(C)c(S(=O)(=O)Nc2c(C)nn(Cc3ccccc3Cl)c2C)c1. The van der Waals surface area contributed by atoms with Crippen LogP contribution in [0, 0.1) is 27.7 Å². The van der Waals surface area contributed by atoms with Gasteiger partial charge in [0.1, 0.15) is 0 Å². The summed E-state index contributed by atoms with van der Waals surface area (Å²) < 4.78 is 30.3. The van der Waals surface area contributed by atoms with Gasteiger partial charge in [-0.2, -0.15) is 5.10 Å². The highest BCUT2D eigenvalue weighted by molar-refractivity contribution is 7.92. The minimum atomic E-state index is -3.71. The fourth-order valence-corrected chi connectivity index (χ4v) is 4.68. The highest BCUT2D eigenvalue weighted by Crippen LogP contribution is 2.26. The number of hydrogen-bond acceptors (Lipinski definition) is 3. The fourth-order valence-electron chi connectivity index (χ4n) is 2.97. The zero-order chi connectivity index (χ0) is 19.8. The number of aromatic nitrogens is 2. The molecular weight excluding hydrogens is 382 g/mol. The van der Waals surface area contributed by atoms with Gasteiger partial charge in [0, 0.05) is 5.02 Å². The Morgan fingerprint density at radius 2 is 1.78 bits per heavy atom. The molecule has 0 amide bonds. The largest absolute Gasteiger partial charge is 0.276 e. The van der Waals surface area contributed by atoms with E-state index in [0.717, 1.165) is 16.8 Å². The zero-order valence-electron chi connectivity index (χ0n) is 15.7. The van der Waals surface area contributed by atoms with Crippen LogP contribution in [0.1, 0.15) is 28.1 Å². The van der Waals surface area contributed by atoms with Crippen LogP contribution in [-0.2, 0) is 16.6 Å². The minimum Gasteiger partial charge on any atom is -0.276 e. The molecule has 5 nitrogen and oxygen atoms in total. The van der Waals surface area contributed by atoms with Crippen LogP contribution in [-0.4, -0.2) is 18.2 Å². The molecule has 2 aromatic carbocycles. The first kappa shape index (κ1) is 19.5. The zero-order valence-corrected chi connectivity index (χ0v) is 17.3. The van der Waals surface area contributed by atoms with Gasteiger partial charge < -0.3 is 0 Å². The highest BCUT2D eigenvalue weighted by atomic mass is 35.5. The van der Waals surface area contributed by atoms with Crippen LogP contribution in [0.4, 0.5) is 5.69 Å². The van der Waals surface area contributed by atoms with E-state index in [9.17, 15) is 8.42 Å². The summed E-state index contributed by atoms with van der Waals surface area (Å²) in [6.45, 7) is 7.76. The number of rotatable bonds is 5. The quantitative estimate of drug-likeness (QED) is 0.676. The molecule has 0 fully saturated rings. The van der Waals surface area contributed by atoms with Crippen molar-refractivity contribution in [3.05, 3.63) is 75.6 Å². The maximum absolute atomic E-state index is 12.9. The summed E-state index contributed by atoms with van der Waals surface area (Å²) >= 11 is 6.24. The lowest BCUT2D eigenvalue weighted by molar-refractivity contribution is 0.600. The first-order valence-electron chi connectivity index (χ1n) is 8.56. The van der Waals surface area contributed by atoms with Crippen molar-refractivity contribution < 1.29 is 8.42 Å². The first-order chi connectivity index (χ1) is 12.7. The molecule has 0 aliphatic carbocycles. The van der Waals surface area contributed by atoms with Crippen LogP contribution in [0.5, 0.6) is 0 Å². The molecule has 0 atom stereocenters. The monoisotopic (exact) mass is 403 g/mol. The number of sulfonamides is 1. The number of hydrogen-bond donors (Lipinski definition) is 1. The Balaban J connectivity index is 1.95. The second-order valence-corrected chi connectivity index (χ2v) is 8.73. The number of nitrogens with one attached hydrogen (secondary N) is 1. The summed E-state index contributed by atoms with van der Waals surface area (Å²) in [4.78, 5) is 0.278. The molecule has 0 saturated heterocycles. The van der Waals surface area contributed by atoms with Gasteiger partial charge in [0.15, 0.2) is 0 Å². The molecule has 0 bridgehead atoms. The lowest BCUT2D eigenvalue weighted by Gasteiger charge is -2.12. The van der Waals surface area contributed by atoms with Gasteiger partial charge in [0.25, 0.3) is 10.0 Å². The summed E-state index contributed by atoms with van der Waals surface area (Å²) in [5, 5.41) is 5.15. The molecule has 1 N–H and O–H groups in total. The Morgan fingerprint density at radius 3 is 2.48 bits per heavy atom. The van der Waals surface area contributed by atoms with Crippen molar-refractivity contribution in [3.8, 4) is 0 Å². The van der Waals surface area contributed by atoms with E-state index < -0.39 is 10.0 Å². The molecule has 0 aliphatic rings. The predicted octanol–water partition coefficient (Wildman–Crippen LogP) is 4.62. The molecule has 0 radical (unpaired) electrons. The van der Waals surface area contributed by atoms with Crippen LogP contribution in [0.15, 0.2) is 47.4 Å². The van der Waals surface area contributed by atoms with Gasteiger partial charge in [-0.1, -0.05) is 41.9 Å². The minimum absolute atomic E-state index is 0.278. The number of nitrogens with zero attached hydrogens (tertiary/aromatic N) is 2. The smallest absolute Gasteiger partial charge is 0.262 e. The van der Waals surface area contributed by atoms with E-state index in [2.05, 4.69) is 9.82 Å². The molecule has 0 saturated carbocycles. The molecule has 142 valence electrons. The number of benzene rings is 2. The van der Waals surface area contributed by atoms with Crippen molar-refractivity contribution in [1.82, 2.24) is 9.78 Å². The van der Waals surface area contributed by atoms with Crippen molar-refractivity contribution in [1.29, 1.82) is 0 Å². The first-order valence-corrected chi connectivity index (χ1v) is 10.4. The number of halogens is 1. The Hall–Kier alpha value is -2.31. The second-order valence-electron chi connectivity index (χ2n) is 6.67. The van der Waals surface area contributed by atoms with Crippen LogP contribution < -0.4 is 4.72 Å². The molecule has 7 heteroatoms. The standard InChI is InChI=1S/C20H22ClN3O2S/c1-13-9-10-14(2)19(11-13)27(25,26)23-20-15(3)22-24(16(20)4)12-17-7-5-6-8-18(17)21/h5-11,23H,12H2,1-4H3. The normalized spacial score (nSPS) is 11.6. The summed E-state index contributed by atoms with van der Waals surface area (Å²) in [5.74, 6) is 0. The molecule has 1 heterocycles. The lowest BCUT2D eigenvalue weighted by atomic mass is 10.2. The van der Waals surface area contributed by atoms with Crippen LogP contribution in [0.2, 0.25) is 5.02 Å². The maximum Gasteiger partial charge on any atom is 0.262 e. The summed E-state index contributed by atoms with van der Waals surface area (Å²) in [6, 6.07) is 12.9. The van der Waals surface area contributed by atoms with Gasteiger partial charge in [-0.3, -0.25) is 9.40 Å². The Bertz CT molecular complexity index is 1100. The van der Waals surface area contributed by atoms with Crippen molar-refractivity contribution >= 4 is 27.3 Å². The highest BCUT2D eigenvalue weighted by Gasteiger charge is 2.22. The van der Waals surface area contributed by atoms with Gasteiger partial charge in [-0.15, -0.1) is 0 Å². The topological polar surface area (TPSA) is 64.0 Å². The molecule has 3 rings (SSSR count). The average molecular weight is 404 g/mol. The fraction of sp³-hybridized carbons (Fsp3) is 0.250. The number of anilines is 1. The van der Waals surface area contributed by atoms with Crippen molar-refractivity contribution in [2.45, 2.75) is 39.1 Å². The molecule has 0 aliphatic heterocycles.